The molecular weight excluding hydrogens is 442 g/mol. The summed E-state index contributed by atoms with van der Waals surface area (Å²) in [7, 11) is 1.98. The number of aromatic nitrogens is 2. The number of nitrogens with one attached hydrogen (secondary N) is 2. The Morgan fingerprint density at radius 2 is 1.91 bits per heavy atom. The van der Waals surface area contributed by atoms with Gasteiger partial charge in [-0.15, -0.1) is 0 Å². The van der Waals surface area contributed by atoms with Crippen molar-refractivity contribution < 1.29 is 14.3 Å². The fourth-order valence-electron chi connectivity index (χ4n) is 3.25. The molecule has 174 valence electrons. The number of carbonyl (C=O) groups excluding carboxylic acids is 2. The summed E-state index contributed by atoms with van der Waals surface area (Å²) in [6.07, 6.45) is 3.48. The Kier molecular flexibility index (Phi) is 7.71. The molecule has 0 aliphatic heterocycles. The molecule has 0 unspecified atom stereocenters. The topological polar surface area (TPSA) is 96.5 Å². The van der Waals surface area contributed by atoms with Crippen LogP contribution in [0.3, 0.4) is 0 Å². The number of anilines is 2. The van der Waals surface area contributed by atoms with Gasteiger partial charge in [-0.25, -0.2) is 4.79 Å². The molecule has 3 aromatic rings. The van der Waals surface area contributed by atoms with E-state index in [1.165, 1.54) is 12.3 Å². The Morgan fingerprint density at radius 3 is 2.64 bits per heavy atom. The minimum Gasteiger partial charge on any atom is -0.444 e. The van der Waals surface area contributed by atoms with Crippen LogP contribution in [0, 0.1) is 0 Å². The van der Waals surface area contributed by atoms with Crippen LogP contribution in [-0.2, 0) is 4.74 Å². The van der Waals surface area contributed by atoms with Gasteiger partial charge in [0.1, 0.15) is 11.3 Å². The molecule has 33 heavy (non-hydrogen) atoms. The van der Waals surface area contributed by atoms with E-state index in [0.717, 1.165) is 17.5 Å². The summed E-state index contributed by atoms with van der Waals surface area (Å²) in [5.41, 5.74) is 1.93. The second kappa shape index (κ2) is 10.5. The number of halogens is 1. The first kappa shape index (κ1) is 24.3. The average molecular weight is 470 g/mol. The molecule has 2 aromatic heterocycles. The van der Waals surface area contributed by atoms with Crippen LogP contribution in [0.1, 0.15) is 37.7 Å². The summed E-state index contributed by atoms with van der Waals surface area (Å²) in [5, 5.41) is 6.99. The molecule has 2 amide bonds. The number of fused-ring (bicyclic) bond motifs is 1. The van der Waals surface area contributed by atoms with Crippen molar-refractivity contribution in [2.45, 2.75) is 32.8 Å². The lowest BCUT2D eigenvalue weighted by molar-refractivity contribution is 0.0527. The van der Waals surface area contributed by atoms with Crippen LogP contribution < -0.4 is 15.5 Å². The van der Waals surface area contributed by atoms with Crippen LogP contribution in [0.2, 0.25) is 5.02 Å². The first-order valence-corrected chi connectivity index (χ1v) is 11.0. The molecule has 3 rings (SSSR count). The van der Waals surface area contributed by atoms with Crippen molar-refractivity contribution in [3.63, 3.8) is 0 Å². The van der Waals surface area contributed by atoms with Crippen molar-refractivity contribution >= 4 is 45.9 Å². The maximum absolute atomic E-state index is 12.6. The molecule has 8 nitrogen and oxygen atoms in total. The third kappa shape index (κ3) is 6.79. The largest absolute Gasteiger partial charge is 0.444 e. The highest BCUT2D eigenvalue weighted by atomic mass is 35.5. The summed E-state index contributed by atoms with van der Waals surface area (Å²) in [5.74, 6) is -0.362. The first-order chi connectivity index (χ1) is 15.6. The third-order valence-electron chi connectivity index (χ3n) is 4.70. The van der Waals surface area contributed by atoms with E-state index in [2.05, 4.69) is 25.5 Å². The number of rotatable bonds is 7. The summed E-state index contributed by atoms with van der Waals surface area (Å²) in [6.45, 7) is 6.69. The summed E-state index contributed by atoms with van der Waals surface area (Å²) >= 11 is 5.97. The van der Waals surface area contributed by atoms with E-state index in [-0.39, 0.29) is 11.6 Å². The standard InChI is InChI=1S/C24H28ClN5O3/c1-24(2,3)33-23(32)28-12-6-14-30(4)20-9-8-18(21-17(20)7-5-11-27-21)29-22(31)19-15-16(25)10-13-26-19/h5,7-11,13,15H,6,12,14H2,1-4H3,(H,28,32)(H,29,31). The van der Waals surface area contributed by atoms with Crippen molar-refractivity contribution in [2.24, 2.45) is 0 Å². The number of alkyl carbamates (subject to hydrolysis) is 1. The Hall–Kier alpha value is -3.39. The minimum absolute atomic E-state index is 0.227. The van der Waals surface area contributed by atoms with Crippen LogP contribution in [0.15, 0.2) is 48.8 Å². The van der Waals surface area contributed by atoms with Crippen molar-refractivity contribution in [3.05, 3.63) is 59.5 Å². The number of hydrogen-bond acceptors (Lipinski definition) is 6. The number of hydrogen-bond donors (Lipinski definition) is 2. The highest BCUT2D eigenvalue weighted by Crippen LogP contribution is 2.30. The monoisotopic (exact) mass is 469 g/mol. The quantitative estimate of drug-likeness (QED) is 0.478. The van der Waals surface area contributed by atoms with Gasteiger partial charge < -0.3 is 20.3 Å². The highest BCUT2D eigenvalue weighted by molar-refractivity contribution is 6.31. The lowest BCUT2D eigenvalue weighted by atomic mass is 10.1. The van der Waals surface area contributed by atoms with E-state index >= 15 is 0 Å². The average Bonchev–Trinajstić information content (AvgIpc) is 2.75. The van der Waals surface area contributed by atoms with E-state index in [0.29, 0.717) is 29.3 Å². The molecule has 1 aromatic carbocycles. The van der Waals surface area contributed by atoms with Gasteiger partial charge in [-0.05, 0) is 63.6 Å². The van der Waals surface area contributed by atoms with Crippen LogP contribution in [-0.4, -0.2) is 47.7 Å². The Morgan fingerprint density at radius 1 is 1.12 bits per heavy atom. The lowest BCUT2D eigenvalue weighted by Gasteiger charge is -2.23. The van der Waals surface area contributed by atoms with Gasteiger partial charge in [0, 0.05) is 48.6 Å². The van der Waals surface area contributed by atoms with E-state index in [4.69, 9.17) is 16.3 Å². The number of amides is 2. The van der Waals surface area contributed by atoms with E-state index in [1.807, 2.05) is 52.1 Å². The van der Waals surface area contributed by atoms with Gasteiger partial charge in [-0.3, -0.25) is 14.8 Å². The molecule has 2 N–H and O–H groups in total. The molecule has 0 aliphatic carbocycles. The van der Waals surface area contributed by atoms with E-state index in [9.17, 15) is 9.59 Å². The highest BCUT2D eigenvalue weighted by Gasteiger charge is 2.16. The number of pyridine rings is 2. The molecule has 0 atom stereocenters. The molecule has 0 spiro atoms. The van der Waals surface area contributed by atoms with Gasteiger partial charge in [0.15, 0.2) is 0 Å². The minimum atomic E-state index is -0.521. The molecule has 0 bridgehead atoms. The maximum atomic E-state index is 12.6. The zero-order chi connectivity index (χ0) is 24.0. The zero-order valence-corrected chi connectivity index (χ0v) is 19.9. The second-order valence-electron chi connectivity index (χ2n) is 8.55. The second-order valence-corrected chi connectivity index (χ2v) is 8.99. The van der Waals surface area contributed by atoms with Crippen LogP contribution in [0.5, 0.6) is 0 Å². The molecular formula is C24H28ClN5O3. The zero-order valence-electron chi connectivity index (χ0n) is 19.2. The van der Waals surface area contributed by atoms with E-state index in [1.54, 1.807) is 12.3 Å². The SMILES string of the molecule is CN(CCCNC(=O)OC(C)(C)C)c1ccc(NC(=O)c2cc(Cl)ccn2)c2ncccc12. The number of nitrogens with zero attached hydrogens (tertiary/aromatic N) is 3. The van der Waals surface area contributed by atoms with Gasteiger partial charge >= 0.3 is 6.09 Å². The van der Waals surface area contributed by atoms with Crippen LogP contribution in [0.25, 0.3) is 10.9 Å². The van der Waals surface area contributed by atoms with Crippen LogP contribution in [0.4, 0.5) is 16.2 Å². The molecule has 9 heteroatoms. The number of ether oxygens (including phenoxy) is 1. The molecule has 0 fully saturated rings. The summed E-state index contributed by atoms with van der Waals surface area (Å²) < 4.78 is 5.25. The van der Waals surface area contributed by atoms with Gasteiger partial charge in [-0.1, -0.05) is 11.6 Å². The predicted octanol–water partition coefficient (Wildman–Crippen LogP) is 4.89. The smallest absolute Gasteiger partial charge is 0.407 e. The molecule has 2 heterocycles. The maximum Gasteiger partial charge on any atom is 0.407 e. The summed E-state index contributed by atoms with van der Waals surface area (Å²) in [4.78, 5) is 35.1. The fourth-order valence-corrected chi connectivity index (χ4v) is 3.41. The molecule has 0 saturated carbocycles. The normalized spacial score (nSPS) is 11.2. The third-order valence-corrected chi connectivity index (χ3v) is 4.93. The van der Waals surface area contributed by atoms with Crippen molar-refractivity contribution in [1.29, 1.82) is 0 Å². The van der Waals surface area contributed by atoms with Crippen molar-refractivity contribution in [1.82, 2.24) is 15.3 Å². The Balaban J connectivity index is 1.68. The Bertz CT molecular complexity index is 1150. The van der Waals surface area contributed by atoms with Crippen LogP contribution >= 0.6 is 11.6 Å². The van der Waals surface area contributed by atoms with Crippen molar-refractivity contribution in [2.75, 3.05) is 30.4 Å². The van der Waals surface area contributed by atoms with Gasteiger partial charge in [0.2, 0.25) is 0 Å². The Labute approximate surface area is 198 Å². The fraction of sp³-hybridized carbons (Fsp3) is 0.333. The molecule has 0 saturated heterocycles. The molecule has 0 radical (unpaired) electrons. The lowest BCUT2D eigenvalue weighted by Crippen LogP contribution is -2.34. The van der Waals surface area contributed by atoms with Gasteiger partial charge in [0.05, 0.1) is 11.2 Å². The predicted molar refractivity (Wildman–Crippen MR) is 131 cm³/mol. The number of benzene rings is 1. The first-order valence-electron chi connectivity index (χ1n) is 10.6. The molecule has 0 aliphatic rings. The van der Waals surface area contributed by atoms with E-state index < -0.39 is 11.7 Å². The summed E-state index contributed by atoms with van der Waals surface area (Å²) in [6, 6.07) is 10.7. The van der Waals surface area contributed by atoms with Crippen molar-refractivity contribution in [3.8, 4) is 0 Å². The van der Waals surface area contributed by atoms with Gasteiger partial charge in [0.25, 0.3) is 5.91 Å². The number of carbonyl (C=O) groups is 2. The van der Waals surface area contributed by atoms with Gasteiger partial charge in [-0.2, -0.15) is 0 Å².